The average Bonchev–Trinajstić information content (AvgIpc) is 3.12. The maximum Gasteiger partial charge on any atom is 0.490 e. The second-order valence-corrected chi connectivity index (χ2v) is 8.34. The molecule has 1 saturated carbocycles. The predicted octanol–water partition coefficient (Wildman–Crippen LogP) is 3.13. The summed E-state index contributed by atoms with van der Waals surface area (Å²) in [7, 11) is 0. The molecule has 1 atom stereocenters. The van der Waals surface area contributed by atoms with Crippen molar-refractivity contribution in [3.8, 4) is 0 Å². The Morgan fingerprint density at radius 2 is 1.97 bits per heavy atom. The van der Waals surface area contributed by atoms with Gasteiger partial charge in [0.15, 0.2) is 5.67 Å². The molecular weight excluding hydrogens is 436 g/mol. The quantitative estimate of drug-likeness (QED) is 0.516. The summed E-state index contributed by atoms with van der Waals surface area (Å²) in [6.07, 6.45) is 0.125. The molecular formula is C21H26F4N2O5. The monoisotopic (exact) mass is 462 g/mol. The Balaban J connectivity index is 0.000000360. The first-order valence-electron chi connectivity index (χ1n) is 10.5. The highest BCUT2D eigenvalue weighted by molar-refractivity contribution is 5.87. The van der Waals surface area contributed by atoms with E-state index >= 15 is 0 Å². The molecule has 2 saturated heterocycles. The molecule has 0 bridgehead atoms. The van der Waals surface area contributed by atoms with Crippen LogP contribution in [0.3, 0.4) is 0 Å². The summed E-state index contributed by atoms with van der Waals surface area (Å²) in [5, 5.41) is 7.12. The number of carbonyl (C=O) groups excluding carboxylic acids is 1. The fourth-order valence-electron chi connectivity index (χ4n) is 4.16. The van der Waals surface area contributed by atoms with Crippen molar-refractivity contribution in [2.45, 2.75) is 56.2 Å². The lowest BCUT2D eigenvalue weighted by molar-refractivity contribution is -0.192. The number of amides is 1. The van der Waals surface area contributed by atoms with Crippen LogP contribution in [0.5, 0.6) is 0 Å². The third-order valence-electron chi connectivity index (χ3n) is 6.16. The van der Waals surface area contributed by atoms with E-state index in [1.54, 1.807) is 11.1 Å². The lowest BCUT2D eigenvalue weighted by atomic mass is 9.75. The second kappa shape index (κ2) is 9.70. The molecule has 3 fully saturated rings. The number of ether oxygens (including phenoxy) is 2. The van der Waals surface area contributed by atoms with Gasteiger partial charge in [-0.25, -0.2) is 9.18 Å². The molecule has 7 nitrogen and oxygen atoms in total. The number of carboxylic acids is 1. The zero-order chi connectivity index (χ0) is 23.4. The van der Waals surface area contributed by atoms with E-state index in [-0.39, 0.29) is 11.5 Å². The second-order valence-electron chi connectivity index (χ2n) is 8.34. The smallest absolute Gasteiger partial charge is 0.475 e. The first kappa shape index (κ1) is 24.4. The Hall–Kier alpha value is -2.27. The Morgan fingerprint density at radius 3 is 2.50 bits per heavy atom. The lowest BCUT2D eigenvalue weighted by Crippen LogP contribution is -2.69. The van der Waals surface area contributed by atoms with Crippen LogP contribution in [-0.2, 0) is 25.7 Å². The first-order valence-corrected chi connectivity index (χ1v) is 10.5. The minimum atomic E-state index is -5.08. The normalized spacial score (nSPS) is 23.0. The molecule has 1 amide bonds. The number of hydrogen-bond acceptors (Lipinski definition) is 5. The van der Waals surface area contributed by atoms with Crippen LogP contribution < -0.4 is 0 Å². The third-order valence-corrected chi connectivity index (χ3v) is 6.16. The van der Waals surface area contributed by atoms with E-state index in [2.05, 4.69) is 4.98 Å². The third kappa shape index (κ3) is 5.55. The molecule has 1 aromatic heterocycles. The predicted molar refractivity (Wildman–Crippen MR) is 103 cm³/mol. The van der Waals surface area contributed by atoms with Gasteiger partial charge >= 0.3 is 12.1 Å². The van der Waals surface area contributed by atoms with E-state index in [9.17, 15) is 22.4 Å². The van der Waals surface area contributed by atoms with Crippen LogP contribution in [0.15, 0.2) is 24.4 Å². The topological polar surface area (TPSA) is 89.0 Å². The van der Waals surface area contributed by atoms with Gasteiger partial charge in [0.2, 0.25) is 0 Å². The first-order chi connectivity index (χ1) is 15.1. The van der Waals surface area contributed by atoms with Crippen LogP contribution in [0.2, 0.25) is 0 Å². The zero-order valence-corrected chi connectivity index (χ0v) is 17.4. The summed E-state index contributed by atoms with van der Waals surface area (Å²) in [6, 6.07) is 5.78. The van der Waals surface area contributed by atoms with Crippen LogP contribution in [0, 0.1) is 5.92 Å². The Labute approximate surface area is 182 Å². The molecule has 11 heteroatoms. The number of aromatic nitrogens is 1. The molecule has 3 aliphatic rings. The van der Waals surface area contributed by atoms with Crippen molar-refractivity contribution in [2.24, 2.45) is 5.92 Å². The number of alkyl halides is 4. The maximum atomic E-state index is 14.3. The fraction of sp³-hybridized carbons (Fsp3) is 0.667. The highest BCUT2D eigenvalue weighted by Crippen LogP contribution is 2.45. The number of carbonyl (C=O) groups is 2. The van der Waals surface area contributed by atoms with Crippen molar-refractivity contribution < 1.29 is 41.7 Å². The van der Waals surface area contributed by atoms with E-state index in [1.807, 2.05) is 18.2 Å². The van der Waals surface area contributed by atoms with Gasteiger partial charge in [-0.3, -0.25) is 9.78 Å². The van der Waals surface area contributed by atoms with Crippen molar-refractivity contribution in [1.82, 2.24) is 9.88 Å². The van der Waals surface area contributed by atoms with Gasteiger partial charge in [0.05, 0.1) is 25.4 Å². The average molecular weight is 462 g/mol. The van der Waals surface area contributed by atoms with Crippen molar-refractivity contribution >= 4 is 11.9 Å². The van der Waals surface area contributed by atoms with E-state index < -0.39 is 17.8 Å². The van der Waals surface area contributed by atoms with Gasteiger partial charge < -0.3 is 19.5 Å². The lowest BCUT2D eigenvalue weighted by Gasteiger charge is -2.52. The van der Waals surface area contributed by atoms with Gasteiger partial charge in [-0.15, -0.1) is 0 Å². The maximum absolute atomic E-state index is 14.3. The van der Waals surface area contributed by atoms with Gasteiger partial charge in [0.25, 0.3) is 5.91 Å². The van der Waals surface area contributed by atoms with Gasteiger partial charge in [-0.05, 0) is 50.2 Å². The number of rotatable bonds is 6. The largest absolute Gasteiger partial charge is 0.490 e. The molecule has 1 aliphatic carbocycles. The number of aliphatic carboxylic acids is 1. The van der Waals surface area contributed by atoms with Gasteiger partial charge in [0, 0.05) is 19.4 Å². The summed E-state index contributed by atoms with van der Waals surface area (Å²) in [6.45, 7) is 2.93. The number of halogens is 4. The molecule has 2 aliphatic heterocycles. The summed E-state index contributed by atoms with van der Waals surface area (Å²) in [4.78, 5) is 27.0. The number of likely N-dealkylation sites (tertiary alicyclic amines) is 1. The molecule has 0 aromatic carbocycles. The molecule has 3 heterocycles. The van der Waals surface area contributed by atoms with Crippen molar-refractivity contribution in [3.05, 3.63) is 30.1 Å². The van der Waals surface area contributed by atoms with Crippen molar-refractivity contribution in [2.75, 3.05) is 26.3 Å². The van der Waals surface area contributed by atoms with Crippen LogP contribution >= 0.6 is 0 Å². The number of pyridine rings is 1. The van der Waals surface area contributed by atoms with Crippen LogP contribution in [0.4, 0.5) is 17.6 Å². The van der Waals surface area contributed by atoms with Crippen molar-refractivity contribution in [3.63, 3.8) is 0 Å². The summed E-state index contributed by atoms with van der Waals surface area (Å²) in [5.74, 6) is -2.71. The van der Waals surface area contributed by atoms with Crippen LogP contribution in [0.1, 0.15) is 37.8 Å². The van der Waals surface area contributed by atoms with E-state index in [0.717, 1.165) is 25.0 Å². The molecule has 4 rings (SSSR count). The van der Waals surface area contributed by atoms with Gasteiger partial charge in [0.1, 0.15) is 5.60 Å². The number of nitrogens with zero attached hydrogens (tertiary/aromatic N) is 2. The minimum absolute atomic E-state index is 0.274. The fourth-order valence-corrected chi connectivity index (χ4v) is 4.16. The minimum Gasteiger partial charge on any atom is -0.475 e. The summed E-state index contributed by atoms with van der Waals surface area (Å²) in [5.41, 5.74) is -0.944. The van der Waals surface area contributed by atoms with Crippen molar-refractivity contribution in [1.29, 1.82) is 0 Å². The Kier molecular flexibility index (Phi) is 7.39. The Morgan fingerprint density at radius 1 is 1.28 bits per heavy atom. The summed E-state index contributed by atoms with van der Waals surface area (Å²) >= 11 is 0. The zero-order valence-electron chi connectivity index (χ0n) is 17.4. The molecule has 1 unspecified atom stereocenters. The SMILES string of the molecule is O=C(N1CC2(C1)OCCC2CCOCc1ccccn1)C1(F)CCC1.O=C(O)C(F)(F)F. The highest BCUT2D eigenvalue weighted by Gasteiger charge is 2.58. The van der Waals surface area contributed by atoms with E-state index in [1.165, 1.54) is 0 Å². The standard InChI is InChI=1S/C19H25FN2O3.C2HF3O2/c20-18(7-3-8-18)17(23)22-13-19(14-22)15(6-11-25-19)5-10-24-12-16-4-1-2-9-21-16;3-2(4,5)1(6)7/h1-2,4,9,15H,3,5-8,10-14H2;(H,6,7). The highest BCUT2D eigenvalue weighted by atomic mass is 19.4. The van der Waals surface area contributed by atoms with Gasteiger partial charge in [-0.1, -0.05) is 6.07 Å². The molecule has 1 spiro atoms. The van der Waals surface area contributed by atoms with Gasteiger partial charge in [-0.2, -0.15) is 13.2 Å². The van der Waals surface area contributed by atoms with E-state index in [4.69, 9.17) is 19.4 Å². The Bertz CT molecular complexity index is 795. The number of hydrogen-bond donors (Lipinski definition) is 1. The molecule has 32 heavy (non-hydrogen) atoms. The number of carboxylic acid groups (broad SMARTS) is 1. The molecule has 1 aromatic rings. The molecule has 1 N–H and O–H groups in total. The van der Waals surface area contributed by atoms with Crippen LogP contribution in [0.25, 0.3) is 0 Å². The van der Waals surface area contributed by atoms with Crippen LogP contribution in [-0.4, -0.2) is 70.6 Å². The summed E-state index contributed by atoms with van der Waals surface area (Å²) < 4.78 is 57.7. The van der Waals surface area contributed by atoms with E-state index in [0.29, 0.717) is 51.7 Å². The molecule has 178 valence electrons. The molecule has 0 radical (unpaired) electrons.